The Morgan fingerprint density at radius 2 is 1.56 bits per heavy atom. The monoisotopic (exact) mass is 369 g/mol. The van der Waals surface area contributed by atoms with Gasteiger partial charge in [-0.25, -0.2) is 0 Å². The lowest BCUT2D eigenvalue weighted by atomic mass is 10.0. The van der Waals surface area contributed by atoms with Crippen molar-refractivity contribution < 1.29 is 0 Å². The van der Waals surface area contributed by atoms with E-state index in [9.17, 15) is 0 Å². The van der Waals surface area contributed by atoms with Gasteiger partial charge < -0.3 is 0 Å². The second kappa shape index (κ2) is 6.74. The highest BCUT2D eigenvalue weighted by atomic mass is 32.1. The summed E-state index contributed by atoms with van der Waals surface area (Å²) in [6.07, 6.45) is 2.52. The number of aromatic nitrogens is 5. The molecule has 2 aromatic carbocycles. The Morgan fingerprint density at radius 3 is 2.33 bits per heavy atom. The Balaban J connectivity index is 1.41. The summed E-state index contributed by atoms with van der Waals surface area (Å²) in [6, 6.07) is 24.8. The zero-order chi connectivity index (χ0) is 18.1. The number of fused-ring (bicyclic) bond motifs is 1. The Hall–Kier alpha value is -3.38. The highest BCUT2D eigenvalue weighted by molar-refractivity contribution is 7.16. The predicted octanol–water partition coefficient (Wildman–Crippen LogP) is 4.51. The van der Waals surface area contributed by atoms with Crippen molar-refractivity contribution in [1.82, 2.24) is 24.8 Å². The quantitative estimate of drug-likeness (QED) is 0.468. The lowest BCUT2D eigenvalue weighted by Gasteiger charge is -2.03. The molecule has 0 aliphatic heterocycles. The number of nitrogens with zero attached hydrogens (tertiary/aromatic N) is 5. The fraction of sp³-hybridized carbons (Fsp3) is 0.0476. The van der Waals surface area contributed by atoms with Crippen molar-refractivity contribution in [3.63, 3.8) is 0 Å². The summed E-state index contributed by atoms with van der Waals surface area (Å²) >= 11 is 1.56. The number of hydrogen-bond donors (Lipinski definition) is 0. The molecule has 0 radical (unpaired) electrons. The van der Waals surface area contributed by atoms with E-state index < -0.39 is 0 Å². The maximum Gasteiger partial charge on any atom is 0.235 e. The molecule has 3 heterocycles. The van der Waals surface area contributed by atoms with E-state index in [-0.39, 0.29) is 0 Å². The third-order valence-corrected chi connectivity index (χ3v) is 5.24. The first-order chi connectivity index (χ1) is 13.4. The third kappa shape index (κ3) is 3.11. The molecule has 5 aromatic rings. The first-order valence-electron chi connectivity index (χ1n) is 8.64. The second-order valence-electron chi connectivity index (χ2n) is 6.17. The van der Waals surface area contributed by atoms with Crippen molar-refractivity contribution in [1.29, 1.82) is 0 Å². The van der Waals surface area contributed by atoms with Crippen molar-refractivity contribution in [3.8, 4) is 22.6 Å². The first kappa shape index (κ1) is 15.8. The van der Waals surface area contributed by atoms with Gasteiger partial charge in [-0.05, 0) is 28.8 Å². The fourth-order valence-corrected chi connectivity index (χ4v) is 3.87. The molecule has 27 heavy (non-hydrogen) atoms. The van der Waals surface area contributed by atoms with Crippen LogP contribution in [0.25, 0.3) is 27.6 Å². The van der Waals surface area contributed by atoms with Gasteiger partial charge in [0.15, 0.2) is 0 Å². The fourth-order valence-electron chi connectivity index (χ4n) is 3.00. The molecule has 6 heteroatoms. The van der Waals surface area contributed by atoms with Gasteiger partial charge in [0.25, 0.3) is 0 Å². The molecule has 0 spiro atoms. The molecule has 0 fully saturated rings. The van der Waals surface area contributed by atoms with Crippen LogP contribution in [0.15, 0.2) is 79.0 Å². The van der Waals surface area contributed by atoms with E-state index in [0.717, 1.165) is 22.1 Å². The molecule has 0 aliphatic rings. The van der Waals surface area contributed by atoms with Crippen LogP contribution in [-0.4, -0.2) is 24.8 Å². The molecule has 0 atom stereocenters. The predicted molar refractivity (Wildman–Crippen MR) is 107 cm³/mol. The maximum absolute atomic E-state index is 4.70. The van der Waals surface area contributed by atoms with E-state index in [2.05, 4.69) is 63.7 Å². The molecule has 0 unspecified atom stereocenters. The Labute approximate surface area is 160 Å². The summed E-state index contributed by atoms with van der Waals surface area (Å²) in [7, 11) is 0. The molecule has 3 aromatic heterocycles. The van der Waals surface area contributed by atoms with Gasteiger partial charge in [-0.3, -0.25) is 4.98 Å². The van der Waals surface area contributed by atoms with Gasteiger partial charge in [-0.15, -0.1) is 10.2 Å². The summed E-state index contributed by atoms with van der Waals surface area (Å²) < 4.78 is 1.78. The number of hydrogen-bond acceptors (Lipinski definition) is 5. The van der Waals surface area contributed by atoms with Gasteiger partial charge in [-0.1, -0.05) is 72.0 Å². The summed E-state index contributed by atoms with van der Waals surface area (Å²) in [5, 5.41) is 14.2. The number of benzene rings is 2. The van der Waals surface area contributed by atoms with E-state index >= 15 is 0 Å². The van der Waals surface area contributed by atoms with Crippen molar-refractivity contribution in [2.75, 3.05) is 0 Å². The van der Waals surface area contributed by atoms with Crippen molar-refractivity contribution in [3.05, 3.63) is 89.6 Å². The van der Waals surface area contributed by atoms with Crippen LogP contribution in [0.4, 0.5) is 0 Å². The third-order valence-electron chi connectivity index (χ3n) is 4.34. The molecule has 0 bridgehead atoms. The van der Waals surface area contributed by atoms with Crippen LogP contribution in [0.5, 0.6) is 0 Å². The van der Waals surface area contributed by atoms with Crippen molar-refractivity contribution in [2.45, 2.75) is 6.42 Å². The van der Waals surface area contributed by atoms with Gasteiger partial charge >= 0.3 is 0 Å². The Morgan fingerprint density at radius 1 is 0.778 bits per heavy atom. The first-order valence-corrected chi connectivity index (χ1v) is 9.45. The van der Waals surface area contributed by atoms with Gasteiger partial charge in [0, 0.05) is 12.6 Å². The van der Waals surface area contributed by atoms with E-state index in [1.807, 2.05) is 24.3 Å². The molecule has 0 saturated carbocycles. The SMILES string of the molecule is c1ccc(-c2ccc(Cc3nn4c(-c5ccccn5)nnc4s3)cc2)cc1. The maximum atomic E-state index is 4.70. The average molecular weight is 369 g/mol. The smallest absolute Gasteiger partial charge is 0.235 e. The minimum atomic E-state index is 0.674. The van der Waals surface area contributed by atoms with Crippen LogP contribution in [0, 0.1) is 0 Å². The van der Waals surface area contributed by atoms with E-state index in [4.69, 9.17) is 5.10 Å². The highest BCUT2D eigenvalue weighted by Gasteiger charge is 2.14. The normalized spacial score (nSPS) is 11.1. The summed E-state index contributed by atoms with van der Waals surface area (Å²) in [4.78, 5) is 5.13. The van der Waals surface area contributed by atoms with Crippen LogP contribution >= 0.6 is 11.3 Å². The van der Waals surface area contributed by atoms with E-state index in [1.54, 1.807) is 22.0 Å². The van der Waals surface area contributed by atoms with Gasteiger partial charge in [0.1, 0.15) is 10.7 Å². The van der Waals surface area contributed by atoms with Crippen LogP contribution < -0.4 is 0 Å². The summed E-state index contributed by atoms with van der Waals surface area (Å²) in [5.41, 5.74) is 4.44. The second-order valence-corrected chi connectivity index (χ2v) is 7.21. The minimum Gasteiger partial charge on any atom is -0.253 e. The van der Waals surface area contributed by atoms with Crippen molar-refractivity contribution >= 4 is 16.3 Å². The standard InChI is InChI=1S/C21H15N5S/c1-2-6-16(7-3-1)17-11-9-15(10-12-17)14-19-25-26-20(23-24-21(26)27-19)18-8-4-5-13-22-18/h1-13H,14H2. The van der Waals surface area contributed by atoms with Crippen LogP contribution in [0.1, 0.15) is 10.6 Å². The van der Waals surface area contributed by atoms with E-state index in [1.165, 1.54) is 16.7 Å². The molecular formula is C21H15N5S. The lowest BCUT2D eigenvalue weighted by Crippen LogP contribution is -1.95. The molecular weight excluding hydrogens is 354 g/mol. The minimum absolute atomic E-state index is 0.674. The molecule has 130 valence electrons. The lowest BCUT2D eigenvalue weighted by molar-refractivity contribution is 0.912. The molecule has 0 N–H and O–H groups in total. The van der Waals surface area contributed by atoms with Crippen molar-refractivity contribution in [2.24, 2.45) is 0 Å². The summed E-state index contributed by atoms with van der Waals surface area (Å²) in [6.45, 7) is 0. The average Bonchev–Trinajstić information content (AvgIpc) is 3.30. The van der Waals surface area contributed by atoms with Gasteiger partial charge in [-0.2, -0.15) is 9.61 Å². The highest BCUT2D eigenvalue weighted by Crippen LogP contribution is 2.23. The molecule has 5 nitrogen and oxygen atoms in total. The molecule has 0 amide bonds. The zero-order valence-corrected chi connectivity index (χ0v) is 15.2. The van der Waals surface area contributed by atoms with Crippen LogP contribution in [0.2, 0.25) is 0 Å². The zero-order valence-electron chi connectivity index (χ0n) is 14.4. The summed E-state index contributed by atoms with van der Waals surface area (Å²) in [5.74, 6) is 0.674. The Bertz CT molecular complexity index is 1180. The number of rotatable bonds is 4. The topological polar surface area (TPSA) is 56.0 Å². The molecule has 0 saturated heterocycles. The van der Waals surface area contributed by atoms with Gasteiger partial charge in [0.05, 0.1) is 0 Å². The van der Waals surface area contributed by atoms with Crippen LogP contribution in [-0.2, 0) is 6.42 Å². The Kier molecular flexibility index (Phi) is 3.95. The molecule has 0 aliphatic carbocycles. The van der Waals surface area contributed by atoms with Gasteiger partial charge in [0.2, 0.25) is 10.8 Å². The number of pyridine rings is 1. The molecule has 5 rings (SSSR count). The van der Waals surface area contributed by atoms with Crippen LogP contribution in [0.3, 0.4) is 0 Å². The van der Waals surface area contributed by atoms with E-state index in [0.29, 0.717) is 5.82 Å². The largest absolute Gasteiger partial charge is 0.253 e.